The van der Waals surface area contributed by atoms with Crippen molar-refractivity contribution in [3.05, 3.63) is 11.6 Å². The lowest BCUT2D eigenvalue weighted by molar-refractivity contribution is -0.137. The molecule has 0 radical (unpaired) electrons. The third-order valence-corrected chi connectivity index (χ3v) is 0.847. The number of carbonyl (C=O) groups is 2. The summed E-state index contributed by atoms with van der Waals surface area (Å²) < 4.78 is 4.24. The van der Waals surface area contributed by atoms with E-state index in [0.717, 1.165) is 6.08 Å². The second-order valence-electron chi connectivity index (χ2n) is 1.66. The molecule has 0 aliphatic rings. The zero-order valence-electron chi connectivity index (χ0n) is 5.75. The Labute approximate surface area is 58.1 Å². The first-order valence-corrected chi connectivity index (χ1v) is 2.57. The highest BCUT2D eigenvalue weighted by Gasteiger charge is 2.03. The van der Waals surface area contributed by atoms with E-state index in [1.54, 1.807) is 0 Å². The van der Waals surface area contributed by atoms with E-state index < -0.39 is 11.9 Å². The van der Waals surface area contributed by atoms with Crippen molar-refractivity contribution in [3.63, 3.8) is 0 Å². The molecule has 0 aliphatic carbocycles. The maximum absolute atomic E-state index is 10.5. The van der Waals surface area contributed by atoms with Crippen LogP contribution in [0.3, 0.4) is 0 Å². The SMILES string of the molecule is COC(=O)/C(C)=C/C(=O)O. The van der Waals surface area contributed by atoms with Gasteiger partial charge in [0.05, 0.1) is 7.11 Å². The van der Waals surface area contributed by atoms with Gasteiger partial charge in [0.15, 0.2) is 0 Å². The monoisotopic (exact) mass is 144 g/mol. The maximum Gasteiger partial charge on any atom is 0.333 e. The second-order valence-corrected chi connectivity index (χ2v) is 1.66. The normalized spacial score (nSPS) is 10.8. The molecule has 10 heavy (non-hydrogen) atoms. The molecule has 0 atom stereocenters. The molecule has 0 saturated heterocycles. The molecule has 0 heterocycles. The van der Waals surface area contributed by atoms with Crippen molar-refractivity contribution in [2.75, 3.05) is 7.11 Å². The molecule has 0 spiro atoms. The zero-order valence-corrected chi connectivity index (χ0v) is 5.75. The third kappa shape index (κ3) is 2.86. The molecule has 4 nitrogen and oxygen atoms in total. The lowest BCUT2D eigenvalue weighted by atomic mass is 10.3. The van der Waals surface area contributed by atoms with E-state index in [2.05, 4.69) is 4.74 Å². The van der Waals surface area contributed by atoms with Crippen LogP contribution in [0, 0.1) is 0 Å². The number of carboxylic acid groups (broad SMARTS) is 1. The van der Waals surface area contributed by atoms with Gasteiger partial charge in [-0.3, -0.25) is 0 Å². The molecule has 0 aromatic heterocycles. The van der Waals surface area contributed by atoms with E-state index >= 15 is 0 Å². The number of ether oxygens (including phenoxy) is 1. The molecule has 0 amide bonds. The zero-order chi connectivity index (χ0) is 8.15. The van der Waals surface area contributed by atoms with Gasteiger partial charge in [0.25, 0.3) is 0 Å². The Balaban J connectivity index is 4.19. The number of esters is 1. The number of methoxy groups -OCH3 is 1. The van der Waals surface area contributed by atoms with E-state index in [0.29, 0.717) is 0 Å². The molecule has 4 heteroatoms. The van der Waals surface area contributed by atoms with Crippen LogP contribution in [0.4, 0.5) is 0 Å². The van der Waals surface area contributed by atoms with Crippen molar-refractivity contribution >= 4 is 11.9 Å². The molecule has 0 unspecified atom stereocenters. The Kier molecular flexibility index (Phi) is 3.17. The number of carbonyl (C=O) groups excluding carboxylic acids is 1. The molecule has 0 saturated carbocycles. The van der Waals surface area contributed by atoms with Gasteiger partial charge in [0, 0.05) is 11.6 Å². The summed E-state index contributed by atoms with van der Waals surface area (Å²) in [5.41, 5.74) is 0.0787. The maximum atomic E-state index is 10.5. The minimum Gasteiger partial charge on any atom is -0.478 e. The fourth-order valence-corrected chi connectivity index (χ4v) is 0.405. The predicted molar refractivity (Wildman–Crippen MR) is 33.4 cm³/mol. The third-order valence-electron chi connectivity index (χ3n) is 0.847. The summed E-state index contributed by atoms with van der Waals surface area (Å²) in [6, 6.07) is 0. The largest absolute Gasteiger partial charge is 0.478 e. The van der Waals surface area contributed by atoms with Crippen LogP contribution in [0.25, 0.3) is 0 Å². The van der Waals surface area contributed by atoms with Crippen LogP contribution in [-0.4, -0.2) is 24.2 Å². The number of hydrogen-bond acceptors (Lipinski definition) is 3. The van der Waals surface area contributed by atoms with Gasteiger partial charge in [0.2, 0.25) is 0 Å². The first kappa shape index (κ1) is 8.68. The van der Waals surface area contributed by atoms with Gasteiger partial charge in [0.1, 0.15) is 0 Å². The summed E-state index contributed by atoms with van der Waals surface area (Å²) in [6.07, 6.45) is 0.797. The molecule has 0 aromatic rings. The lowest BCUT2D eigenvalue weighted by Crippen LogP contribution is -2.03. The first-order chi connectivity index (χ1) is 4.57. The molecule has 56 valence electrons. The van der Waals surface area contributed by atoms with Crippen LogP contribution in [0.15, 0.2) is 11.6 Å². The van der Waals surface area contributed by atoms with E-state index in [1.165, 1.54) is 14.0 Å². The smallest absolute Gasteiger partial charge is 0.333 e. The highest BCUT2D eigenvalue weighted by atomic mass is 16.5. The molecule has 0 fully saturated rings. The summed E-state index contributed by atoms with van der Waals surface area (Å²) >= 11 is 0. The van der Waals surface area contributed by atoms with Crippen LogP contribution in [0.2, 0.25) is 0 Å². The molecule has 0 rings (SSSR count). The quantitative estimate of drug-likeness (QED) is 0.444. The highest BCUT2D eigenvalue weighted by Crippen LogP contribution is 1.93. The average molecular weight is 144 g/mol. The molecular weight excluding hydrogens is 136 g/mol. The lowest BCUT2D eigenvalue weighted by Gasteiger charge is -1.94. The number of aliphatic carboxylic acids is 1. The van der Waals surface area contributed by atoms with Crippen molar-refractivity contribution in [1.82, 2.24) is 0 Å². The summed E-state index contributed by atoms with van der Waals surface area (Å²) in [6.45, 7) is 1.37. The fraction of sp³-hybridized carbons (Fsp3) is 0.333. The van der Waals surface area contributed by atoms with E-state index in [-0.39, 0.29) is 5.57 Å². The van der Waals surface area contributed by atoms with Crippen LogP contribution in [0.5, 0.6) is 0 Å². The van der Waals surface area contributed by atoms with Gasteiger partial charge in [-0.2, -0.15) is 0 Å². The molecule has 1 N–H and O–H groups in total. The van der Waals surface area contributed by atoms with Crippen molar-refractivity contribution in [1.29, 1.82) is 0 Å². The van der Waals surface area contributed by atoms with Crippen LogP contribution in [-0.2, 0) is 14.3 Å². The Bertz CT molecular complexity index is 180. The Hall–Kier alpha value is -1.32. The van der Waals surface area contributed by atoms with Gasteiger partial charge >= 0.3 is 11.9 Å². The minimum absolute atomic E-state index is 0.0787. The number of carboxylic acids is 1. The van der Waals surface area contributed by atoms with Gasteiger partial charge in [-0.05, 0) is 6.92 Å². The average Bonchev–Trinajstić information content (AvgIpc) is 1.85. The fourth-order valence-electron chi connectivity index (χ4n) is 0.405. The van der Waals surface area contributed by atoms with Crippen molar-refractivity contribution in [2.45, 2.75) is 6.92 Å². The Morgan fingerprint density at radius 1 is 1.50 bits per heavy atom. The molecular formula is C6H8O4. The van der Waals surface area contributed by atoms with Gasteiger partial charge in [-0.25, -0.2) is 9.59 Å². The first-order valence-electron chi connectivity index (χ1n) is 2.57. The topological polar surface area (TPSA) is 63.6 Å². The van der Waals surface area contributed by atoms with Crippen molar-refractivity contribution < 1.29 is 19.4 Å². The van der Waals surface area contributed by atoms with E-state index in [4.69, 9.17) is 5.11 Å². The highest BCUT2D eigenvalue weighted by molar-refractivity contribution is 5.95. The van der Waals surface area contributed by atoms with E-state index in [9.17, 15) is 9.59 Å². The minimum atomic E-state index is -1.15. The summed E-state index contributed by atoms with van der Waals surface area (Å²) in [5.74, 6) is -1.77. The summed E-state index contributed by atoms with van der Waals surface area (Å²) in [5, 5.41) is 8.14. The molecule has 0 aliphatic heterocycles. The van der Waals surface area contributed by atoms with Crippen molar-refractivity contribution in [3.8, 4) is 0 Å². The van der Waals surface area contributed by atoms with Crippen LogP contribution >= 0.6 is 0 Å². The van der Waals surface area contributed by atoms with Crippen LogP contribution < -0.4 is 0 Å². The Morgan fingerprint density at radius 3 is 2.30 bits per heavy atom. The van der Waals surface area contributed by atoms with E-state index in [1.807, 2.05) is 0 Å². The number of rotatable bonds is 2. The van der Waals surface area contributed by atoms with Gasteiger partial charge < -0.3 is 9.84 Å². The van der Waals surface area contributed by atoms with Gasteiger partial charge in [-0.1, -0.05) is 0 Å². The molecule has 0 bridgehead atoms. The summed E-state index contributed by atoms with van der Waals surface area (Å²) in [4.78, 5) is 20.4. The standard InChI is InChI=1S/C6H8O4/c1-4(3-5(7)8)6(9)10-2/h3H,1-2H3,(H,7,8)/b4-3+. The predicted octanol–water partition coefficient (Wildman–Crippen LogP) is 0.190. The van der Waals surface area contributed by atoms with Crippen LogP contribution in [0.1, 0.15) is 6.92 Å². The number of hydrogen-bond donors (Lipinski definition) is 1. The van der Waals surface area contributed by atoms with Crippen molar-refractivity contribution in [2.24, 2.45) is 0 Å². The Morgan fingerprint density at radius 2 is 2.00 bits per heavy atom. The molecule has 0 aromatic carbocycles. The second kappa shape index (κ2) is 3.66. The van der Waals surface area contributed by atoms with Gasteiger partial charge in [-0.15, -0.1) is 0 Å². The summed E-state index contributed by atoms with van der Waals surface area (Å²) in [7, 11) is 1.20.